The van der Waals surface area contributed by atoms with E-state index in [1.54, 1.807) is 24.3 Å². The largest absolute Gasteiger partial charge is 0.489 e. The molecule has 0 radical (unpaired) electrons. The number of carbonyl (C=O) groups excluding carboxylic acids is 1. The molecular formula is C23H28ClN3O5S. The SMILES string of the molecule is CN(C)S(=O)(=O)c1ccc(N2CCCC2)c(C(=O)NCc2cc(Cl)c3c(c2)OCCCO3)c1. The zero-order valence-corrected chi connectivity index (χ0v) is 20.3. The maximum absolute atomic E-state index is 13.2. The number of sulfonamides is 1. The molecular weight excluding hydrogens is 466 g/mol. The number of fused-ring (bicyclic) bond motifs is 1. The van der Waals surface area contributed by atoms with Gasteiger partial charge in [0, 0.05) is 45.8 Å². The van der Waals surface area contributed by atoms with Gasteiger partial charge in [0.25, 0.3) is 5.91 Å². The Bertz CT molecular complexity index is 1150. The molecule has 1 N–H and O–H groups in total. The fraction of sp³-hybridized carbons (Fsp3) is 0.435. The number of nitrogens with zero attached hydrogens (tertiary/aromatic N) is 2. The third kappa shape index (κ3) is 5.05. The average Bonchev–Trinajstić information content (AvgIpc) is 3.22. The number of hydrogen-bond donors (Lipinski definition) is 1. The van der Waals surface area contributed by atoms with Crippen LogP contribution < -0.4 is 19.7 Å². The van der Waals surface area contributed by atoms with Crippen LogP contribution in [0.5, 0.6) is 11.5 Å². The van der Waals surface area contributed by atoms with Gasteiger partial charge in [-0.3, -0.25) is 4.79 Å². The fourth-order valence-corrected chi connectivity index (χ4v) is 5.18. The van der Waals surface area contributed by atoms with E-state index in [0.29, 0.717) is 35.3 Å². The normalized spacial score (nSPS) is 16.1. The van der Waals surface area contributed by atoms with E-state index < -0.39 is 10.0 Å². The highest BCUT2D eigenvalue weighted by Gasteiger charge is 2.25. The third-order valence-corrected chi connectivity index (χ3v) is 7.84. The molecule has 10 heteroatoms. The molecule has 1 amide bonds. The molecule has 0 atom stereocenters. The van der Waals surface area contributed by atoms with Gasteiger partial charge in [-0.2, -0.15) is 0 Å². The Morgan fingerprint density at radius 3 is 2.55 bits per heavy atom. The van der Waals surface area contributed by atoms with Gasteiger partial charge in [0.05, 0.1) is 28.7 Å². The highest BCUT2D eigenvalue weighted by atomic mass is 35.5. The second-order valence-corrected chi connectivity index (χ2v) is 10.9. The summed E-state index contributed by atoms with van der Waals surface area (Å²) < 4.78 is 37.8. The molecule has 1 saturated heterocycles. The average molecular weight is 494 g/mol. The van der Waals surface area contributed by atoms with Crippen molar-refractivity contribution in [2.75, 3.05) is 45.3 Å². The van der Waals surface area contributed by atoms with Crippen LogP contribution in [0.1, 0.15) is 35.2 Å². The summed E-state index contributed by atoms with van der Waals surface area (Å²) in [6, 6.07) is 8.29. The van der Waals surface area contributed by atoms with Crippen LogP contribution in [0, 0.1) is 0 Å². The Morgan fingerprint density at radius 1 is 1.09 bits per heavy atom. The van der Waals surface area contributed by atoms with Crippen LogP contribution in [-0.4, -0.2) is 59.0 Å². The second-order valence-electron chi connectivity index (χ2n) is 8.30. The highest BCUT2D eigenvalue weighted by molar-refractivity contribution is 7.89. The molecule has 2 heterocycles. The molecule has 0 aliphatic carbocycles. The number of hydrogen-bond acceptors (Lipinski definition) is 6. The number of carbonyl (C=O) groups is 1. The minimum Gasteiger partial charge on any atom is -0.489 e. The van der Waals surface area contributed by atoms with E-state index in [1.807, 2.05) is 0 Å². The number of anilines is 1. The number of benzene rings is 2. The number of amides is 1. The monoisotopic (exact) mass is 493 g/mol. The molecule has 2 aliphatic heterocycles. The molecule has 0 aromatic heterocycles. The van der Waals surface area contributed by atoms with Crippen LogP contribution in [0.3, 0.4) is 0 Å². The Hall–Kier alpha value is -2.49. The lowest BCUT2D eigenvalue weighted by atomic mass is 10.1. The van der Waals surface area contributed by atoms with E-state index in [2.05, 4.69) is 10.2 Å². The predicted octanol–water partition coefficient (Wildman–Crippen LogP) is 3.28. The summed E-state index contributed by atoms with van der Waals surface area (Å²) in [7, 11) is -0.734. The van der Waals surface area contributed by atoms with Crippen molar-refractivity contribution < 1.29 is 22.7 Å². The van der Waals surface area contributed by atoms with Crippen LogP contribution in [0.2, 0.25) is 5.02 Å². The van der Waals surface area contributed by atoms with Crippen LogP contribution in [0.25, 0.3) is 0 Å². The zero-order chi connectivity index (χ0) is 23.6. The third-order valence-electron chi connectivity index (χ3n) is 5.75. The van der Waals surface area contributed by atoms with Crippen LogP contribution in [-0.2, 0) is 16.6 Å². The Labute approximate surface area is 199 Å². The first-order valence-electron chi connectivity index (χ1n) is 10.9. The van der Waals surface area contributed by atoms with Crippen molar-refractivity contribution in [3.05, 3.63) is 46.5 Å². The standard InChI is InChI=1S/C23H28ClN3O5S/c1-26(2)33(29,30)17-6-7-20(27-8-3-4-9-27)18(14-17)23(28)25-15-16-12-19(24)22-21(13-16)31-10-5-11-32-22/h6-7,12-14H,3-5,8-11,15H2,1-2H3,(H,25,28). The van der Waals surface area contributed by atoms with Gasteiger partial charge in [-0.05, 0) is 48.7 Å². The van der Waals surface area contributed by atoms with Gasteiger partial charge in [0.1, 0.15) is 0 Å². The smallest absolute Gasteiger partial charge is 0.253 e. The molecule has 8 nitrogen and oxygen atoms in total. The summed E-state index contributed by atoms with van der Waals surface area (Å²) in [6.07, 6.45) is 2.84. The van der Waals surface area contributed by atoms with E-state index in [0.717, 1.165) is 47.9 Å². The second kappa shape index (κ2) is 9.79. The highest BCUT2D eigenvalue weighted by Crippen LogP contribution is 2.38. The fourth-order valence-electron chi connectivity index (χ4n) is 3.97. The number of rotatable bonds is 6. The molecule has 2 aromatic rings. The topological polar surface area (TPSA) is 88.2 Å². The first-order valence-corrected chi connectivity index (χ1v) is 12.8. The van der Waals surface area contributed by atoms with Gasteiger partial charge >= 0.3 is 0 Å². The van der Waals surface area contributed by atoms with Gasteiger partial charge in [-0.15, -0.1) is 0 Å². The molecule has 0 bridgehead atoms. The van der Waals surface area contributed by atoms with E-state index in [9.17, 15) is 13.2 Å². The summed E-state index contributed by atoms with van der Waals surface area (Å²) in [4.78, 5) is 15.4. The molecule has 0 unspecified atom stereocenters. The summed E-state index contributed by atoms with van der Waals surface area (Å²) in [5.74, 6) is 0.721. The maximum atomic E-state index is 13.2. The molecule has 2 aliphatic rings. The summed E-state index contributed by atoms with van der Waals surface area (Å²) >= 11 is 6.37. The summed E-state index contributed by atoms with van der Waals surface area (Å²) in [6.45, 7) is 2.94. The first-order chi connectivity index (χ1) is 15.8. The van der Waals surface area contributed by atoms with Gasteiger partial charge in [-0.1, -0.05) is 11.6 Å². The van der Waals surface area contributed by atoms with Gasteiger partial charge in [0.2, 0.25) is 10.0 Å². The lowest BCUT2D eigenvalue weighted by molar-refractivity contribution is 0.0951. The van der Waals surface area contributed by atoms with Crippen molar-refractivity contribution in [3.8, 4) is 11.5 Å². The number of nitrogens with one attached hydrogen (secondary N) is 1. The van der Waals surface area contributed by atoms with E-state index in [-0.39, 0.29) is 17.3 Å². The van der Waals surface area contributed by atoms with E-state index >= 15 is 0 Å². The number of halogens is 1. The Kier molecular flexibility index (Phi) is 7.02. The molecule has 1 fully saturated rings. The van der Waals surface area contributed by atoms with Crippen molar-refractivity contribution >= 4 is 33.2 Å². The molecule has 178 valence electrons. The molecule has 4 rings (SSSR count). The van der Waals surface area contributed by atoms with E-state index in [1.165, 1.54) is 20.2 Å². The lowest BCUT2D eigenvalue weighted by Gasteiger charge is -2.22. The summed E-state index contributed by atoms with van der Waals surface area (Å²) in [5.41, 5.74) is 1.83. The first kappa shape index (κ1) is 23.7. The van der Waals surface area contributed by atoms with Crippen molar-refractivity contribution in [3.63, 3.8) is 0 Å². The van der Waals surface area contributed by atoms with Gasteiger partial charge < -0.3 is 19.7 Å². The minimum absolute atomic E-state index is 0.0826. The maximum Gasteiger partial charge on any atom is 0.253 e. The minimum atomic E-state index is -3.67. The predicted molar refractivity (Wildman–Crippen MR) is 127 cm³/mol. The van der Waals surface area contributed by atoms with Gasteiger partial charge in [0.15, 0.2) is 11.5 Å². The zero-order valence-electron chi connectivity index (χ0n) is 18.8. The van der Waals surface area contributed by atoms with Crippen LogP contribution >= 0.6 is 11.6 Å². The van der Waals surface area contributed by atoms with Crippen molar-refractivity contribution in [2.24, 2.45) is 0 Å². The molecule has 0 saturated carbocycles. The Balaban J connectivity index is 1.60. The molecule has 0 spiro atoms. The van der Waals surface area contributed by atoms with Crippen molar-refractivity contribution in [2.45, 2.75) is 30.7 Å². The van der Waals surface area contributed by atoms with Crippen LogP contribution in [0.15, 0.2) is 35.2 Å². The Morgan fingerprint density at radius 2 is 1.82 bits per heavy atom. The molecule has 2 aromatic carbocycles. The van der Waals surface area contributed by atoms with Crippen LogP contribution in [0.4, 0.5) is 5.69 Å². The van der Waals surface area contributed by atoms with Crippen molar-refractivity contribution in [1.82, 2.24) is 9.62 Å². The number of ether oxygens (including phenoxy) is 2. The van der Waals surface area contributed by atoms with Gasteiger partial charge in [-0.25, -0.2) is 12.7 Å². The summed E-state index contributed by atoms with van der Waals surface area (Å²) in [5, 5.41) is 3.33. The van der Waals surface area contributed by atoms with E-state index in [4.69, 9.17) is 21.1 Å². The van der Waals surface area contributed by atoms with Crippen molar-refractivity contribution in [1.29, 1.82) is 0 Å². The molecule has 33 heavy (non-hydrogen) atoms. The lowest BCUT2D eigenvalue weighted by Crippen LogP contribution is -2.28. The quantitative estimate of drug-likeness (QED) is 0.664.